The molecule has 0 radical (unpaired) electrons. The first kappa shape index (κ1) is 20.2. The van der Waals surface area contributed by atoms with Gasteiger partial charge in [-0.05, 0) is 24.3 Å². The molecule has 0 fully saturated rings. The van der Waals surface area contributed by atoms with E-state index in [1.54, 1.807) is 0 Å². The number of benzene rings is 2. The van der Waals surface area contributed by atoms with E-state index >= 15 is 0 Å². The summed E-state index contributed by atoms with van der Waals surface area (Å²) in [6.45, 7) is -0.825. The van der Waals surface area contributed by atoms with Gasteiger partial charge in [-0.2, -0.15) is 13.2 Å². The maximum absolute atomic E-state index is 12.7. The quantitative estimate of drug-likeness (QED) is 0.462. The highest BCUT2D eigenvalue weighted by Gasteiger charge is 2.31. The number of nitrogens with zero attached hydrogens (tertiary/aromatic N) is 1. The molecule has 7 nitrogen and oxygen atoms in total. The monoisotopic (exact) mass is 402 g/mol. The number of anilines is 1. The van der Waals surface area contributed by atoms with Crippen LogP contribution in [0.3, 0.4) is 0 Å². The molecule has 1 N–H and O–H groups in total. The van der Waals surface area contributed by atoms with E-state index < -0.39 is 35.1 Å². The predicted octanol–water partition coefficient (Wildman–Crippen LogP) is 4.06. The Morgan fingerprint density at radius 3 is 2.52 bits per heavy atom. The van der Waals surface area contributed by atoms with Gasteiger partial charge in [0.05, 0.1) is 26.8 Å². The molecule has 1 amide bonds. The second kappa shape index (κ2) is 8.04. The molecule has 0 atom stereocenters. The van der Waals surface area contributed by atoms with Crippen LogP contribution in [0.4, 0.5) is 24.5 Å². The van der Waals surface area contributed by atoms with Crippen LogP contribution in [-0.4, -0.2) is 23.4 Å². The molecule has 2 rings (SSSR count). The third kappa shape index (κ3) is 5.42. The van der Waals surface area contributed by atoms with Gasteiger partial charge in [0.1, 0.15) is 0 Å². The highest BCUT2D eigenvalue weighted by atomic mass is 35.5. The van der Waals surface area contributed by atoms with Gasteiger partial charge >= 0.3 is 12.1 Å². The van der Waals surface area contributed by atoms with Crippen molar-refractivity contribution in [1.82, 2.24) is 0 Å². The van der Waals surface area contributed by atoms with Crippen LogP contribution in [0.15, 0.2) is 42.5 Å². The highest BCUT2D eigenvalue weighted by molar-refractivity contribution is 6.33. The molecule has 0 aliphatic heterocycles. The number of alkyl halides is 3. The standard InChI is InChI=1S/C16H10ClF3N2O5/c17-12-5-4-10(16(18,19)20)7-13(12)21-14(23)8-27-15(24)9-2-1-3-11(6-9)22(25)26/h1-7H,8H2,(H,21,23). The number of nitro benzene ring substituents is 1. The molecule has 142 valence electrons. The Bertz CT molecular complexity index is 902. The lowest BCUT2D eigenvalue weighted by Gasteiger charge is -2.11. The molecule has 2 aromatic rings. The van der Waals surface area contributed by atoms with Crippen molar-refractivity contribution in [2.24, 2.45) is 0 Å². The second-order valence-electron chi connectivity index (χ2n) is 5.12. The van der Waals surface area contributed by atoms with Crippen LogP contribution in [0.25, 0.3) is 0 Å². The van der Waals surface area contributed by atoms with Crippen molar-refractivity contribution in [2.45, 2.75) is 6.18 Å². The van der Waals surface area contributed by atoms with E-state index in [2.05, 4.69) is 5.32 Å². The summed E-state index contributed by atoms with van der Waals surface area (Å²) in [6, 6.07) is 7.00. The summed E-state index contributed by atoms with van der Waals surface area (Å²) in [4.78, 5) is 33.6. The summed E-state index contributed by atoms with van der Waals surface area (Å²) < 4.78 is 42.8. The van der Waals surface area contributed by atoms with Crippen LogP contribution in [0.5, 0.6) is 0 Å². The number of nitrogens with one attached hydrogen (secondary N) is 1. The zero-order valence-corrected chi connectivity index (χ0v) is 14.0. The number of carbonyl (C=O) groups is 2. The average molecular weight is 403 g/mol. The van der Waals surface area contributed by atoms with Crippen LogP contribution in [0, 0.1) is 10.1 Å². The summed E-state index contributed by atoms with van der Waals surface area (Å²) in [7, 11) is 0. The zero-order valence-electron chi connectivity index (χ0n) is 13.2. The molecule has 0 saturated carbocycles. The molecule has 0 aliphatic rings. The van der Waals surface area contributed by atoms with Gasteiger partial charge in [0.2, 0.25) is 0 Å². The molecule has 2 aromatic carbocycles. The van der Waals surface area contributed by atoms with Crippen molar-refractivity contribution >= 4 is 34.9 Å². The summed E-state index contributed by atoms with van der Waals surface area (Å²) in [5.41, 5.74) is -1.82. The molecule has 11 heteroatoms. The number of nitro groups is 1. The largest absolute Gasteiger partial charge is 0.452 e. The molecule has 0 heterocycles. The van der Waals surface area contributed by atoms with Crippen LogP contribution >= 0.6 is 11.6 Å². The number of ether oxygens (including phenoxy) is 1. The molecular weight excluding hydrogens is 393 g/mol. The Labute approximate surface area is 154 Å². The number of amides is 1. The van der Waals surface area contributed by atoms with E-state index in [9.17, 15) is 32.9 Å². The fourth-order valence-corrected chi connectivity index (χ4v) is 2.11. The number of carbonyl (C=O) groups excluding carboxylic acids is 2. The number of non-ortho nitro benzene ring substituents is 1. The fourth-order valence-electron chi connectivity index (χ4n) is 1.94. The molecule has 0 unspecified atom stereocenters. The SMILES string of the molecule is O=C(COC(=O)c1cccc([N+](=O)[O-])c1)Nc1cc(C(F)(F)F)ccc1Cl. The van der Waals surface area contributed by atoms with Crippen molar-refractivity contribution in [3.05, 3.63) is 68.7 Å². The normalized spacial score (nSPS) is 11.0. The van der Waals surface area contributed by atoms with Gasteiger partial charge in [-0.25, -0.2) is 4.79 Å². The average Bonchev–Trinajstić information content (AvgIpc) is 2.60. The Balaban J connectivity index is 2.01. The van der Waals surface area contributed by atoms with E-state index in [0.29, 0.717) is 6.07 Å². The van der Waals surface area contributed by atoms with Gasteiger partial charge in [0.15, 0.2) is 6.61 Å². The Morgan fingerprint density at radius 2 is 1.89 bits per heavy atom. The summed E-state index contributed by atoms with van der Waals surface area (Å²) in [5, 5.41) is 12.6. The van der Waals surface area contributed by atoms with Crippen LogP contribution < -0.4 is 5.32 Å². The van der Waals surface area contributed by atoms with Gasteiger partial charge in [-0.3, -0.25) is 14.9 Å². The van der Waals surface area contributed by atoms with Crippen LogP contribution in [-0.2, 0) is 15.7 Å². The van der Waals surface area contributed by atoms with Crippen LogP contribution in [0.2, 0.25) is 5.02 Å². The molecule has 0 aromatic heterocycles. The highest BCUT2D eigenvalue weighted by Crippen LogP contribution is 2.33. The number of halogens is 4. The first-order valence-electron chi connectivity index (χ1n) is 7.16. The third-order valence-corrected chi connectivity index (χ3v) is 3.52. The van der Waals surface area contributed by atoms with E-state index in [0.717, 1.165) is 18.2 Å². The smallest absolute Gasteiger partial charge is 0.416 e. The van der Waals surface area contributed by atoms with Crippen molar-refractivity contribution in [1.29, 1.82) is 0 Å². The Kier molecular flexibility index (Phi) is 6.01. The fraction of sp³-hybridized carbons (Fsp3) is 0.125. The Hall–Kier alpha value is -3.14. The molecule has 0 bridgehead atoms. The van der Waals surface area contributed by atoms with E-state index in [1.165, 1.54) is 18.2 Å². The minimum Gasteiger partial charge on any atom is -0.452 e. The van der Waals surface area contributed by atoms with Crippen molar-refractivity contribution in [3.8, 4) is 0 Å². The van der Waals surface area contributed by atoms with Crippen LogP contribution in [0.1, 0.15) is 15.9 Å². The van der Waals surface area contributed by atoms with Crippen molar-refractivity contribution in [3.63, 3.8) is 0 Å². The number of esters is 1. The molecule has 0 spiro atoms. The number of hydrogen-bond donors (Lipinski definition) is 1. The molecule has 0 aliphatic carbocycles. The lowest BCUT2D eigenvalue weighted by molar-refractivity contribution is -0.384. The Morgan fingerprint density at radius 1 is 1.19 bits per heavy atom. The second-order valence-corrected chi connectivity index (χ2v) is 5.53. The maximum Gasteiger partial charge on any atom is 0.416 e. The topological polar surface area (TPSA) is 98.5 Å². The minimum atomic E-state index is -4.63. The summed E-state index contributed by atoms with van der Waals surface area (Å²) in [5.74, 6) is -1.95. The number of rotatable bonds is 5. The lowest BCUT2D eigenvalue weighted by Crippen LogP contribution is -2.21. The number of hydrogen-bond acceptors (Lipinski definition) is 5. The van der Waals surface area contributed by atoms with Gasteiger partial charge in [0, 0.05) is 12.1 Å². The molecule has 27 heavy (non-hydrogen) atoms. The summed E-state index contributed by atoms with van der Waals surface area (Å²) >= 11 is 5.74. The van der Waals surface area contributed by atoms with Gasteiger partial charge in [-0.1, -0.05) is 17.7 Å². The predicted molar refractivity (Wildman–Crippen MR) is 88.5 cm³/mol. The molecular formula is C16H10ClF3N2O5. The van der Waals surface area contributed by atoms with E-state index in [4.69, 9.17) is 16.3 Å². The lowest BCUT2D eigenvalue weighted by atomic mass is 10.2. The third-order valence-electron chi connectivity index (χ3n) is 3.19. The van der Waals surface area contributed by atoms with Gasteiger partial charge in [0.25, 0.3) is 11.6 Å². The first-order chi connectivity index (χ1) is 12.6. The van der Waals surface area contributed by atoms with Gasteiger partial charge in [-0.15, -0.1) is 0 Å². The maximum atomic E-state index is 12.7. The zero-order chi connectivity index (χ0) is 20.2. The van der Waals surface area contributed by atoms with E-state index in [1.807, 2.05) is 0 Å². The van der Waals surface area contributed by atoms with Gasteiger partial charge < -0.3 is 10.1 Å². The molecule has 0 saturated heterocycles. The first-order valence-corrected chi connectivity index (χ1v) is 7.54. The van der Waals surface area contributed by atoms with Crippen molar-refractivity contribution < 1.29 is 32.4 Å². The summed E-state index contributed by atoms with van der Waals surface area (Å²) in [6.07, 6.45) is -4.63. The van der Waals surface area contributed by atoms with E-state index in [-0.39, 0.29) is 22.0 Å². The van der Waals surface area contributed by atoms with Crippen molar-refractivity contribution in [2.75, 3.05) is 11.9 Å². The minimum absolute atomic E-state index is 0.138.